The Morgan fingerprint density at radius 3 is 2.45 bits per heavy atom. The van der Waals surface area contributed by atoms with Crippen molar-refractivity contribution in [1.29, 1.82) is 0 Å². The van der Waals surface area contributed by atoms with Crippen molar-refractivity contribution in [2.45, 2.75) is 100 Å². The van der Waals surface area contributed by atoms with Gasteiger partial charge in [0.1, 0.15) is 5.67 Å². The van der Waals surface area contributed by atoms with Crippen LogP contribution in [-0.4, -0.2) is 79.1 Å². The number of nitrogens with one attached hydrogen (secondary N) is 1. The summed E-state index contributed by atoms with van der Waals surface area (Å²) in [5.41, 5.74) is 5.11. The molecule has 1 amide bonds. The fourth-order valence-electron chi connectivity index (χ4n) is 5.80. The number of amides is 1. The predicted molar refractivity (Wildman–Crippen MR) is 189 cm³/mol. The van der Waals surface area contributed by atoms with E-state index < -0.39 is 29.4 Å². The minimum absolute atomic E-state index is 0.127. The van der Waals surface area contributed by atoms with Crippen LogP contribution in [-0.2, 0) is 4.79 Å². The predicted octanol–water partition coefficient (Wildman–Crippen LogP) is 8.11. The van der Waals surface area contributed by atoms with Crippen LogP contribution in [0, 0.1) is 18.3 Å². The number of benzene rings is 1. The van der Waals surface area contributed by atoms with Gasteiger partial charge in [-0.05, 0) is 52.0 Å². The molecule has 44 heavy (non-hydrogen) atoms. The van der Waals surface area contributed by atoms with Crippen molar-refractivity contribution in [2.24, 2.45) is 21.3 Å². The SMILES string of the molecule is CCC1(CC)CCN(CC(C)(C)F)C1.C\C=C/C(C)=C\C(C)=C(\C=NCC)C(=O)Nc1cc([C]2=[Pb][C](C3CC3)=N2)ccc1C. The molecule has 5 nitrogen and oxygen atoms in total. The van der Waals surface area contributed by atoms with Crippen LogP contribution in [0.2, 0.25) is 0 Å². The molecule has 4 rings (SSSR count). The normalized spacial score (nSPS) is 19.3. The van der Waals surface area contributed by atoms with Crippen LogP contribution in [0.5, 0.6) is 0 Å². The summed E-state index contributed by atoms with van der Waals surface area (Å²) in [5.74, 6) is 0.687. The number of hydrogen-bond donors (Lipinski definition) is 1. The molecule has 1 saturated heterocycles. The van der Waals surface area contributed by atoms with Crippen molar-refractivity contribution in [3.63, 3.8) is 0 Å². The van der Waals surface area contributed by atoms with E-state index in [9.17, 15) is 9.18 Å². The van der Waals surface area contributed by atoms with Gasteiger partial charge in [-0.25, -0.2) is 4.39 Å². The third kappa shape index (κ3) is 10.8. The summed E-state index contributed by atoms with van der Waals surface area (Å²) in [7, 11) is 0. The Balaban J connectivity index is 0.000000317. The number of anilines is 1. The van der Waals surface area contributed by atoms with E-state index in [1.165, 1.54) is 44.1 Å². The van der Waals surface area contributed by atoms with E-state index in [0.29, 0.717) is 24.1 Å². The summed E-state index contributed by atoms with van der Waals surface area (Å²) in [6, 6.07) is 6.32. The molecule has 0 atom stereocenters. The average molecular weight is 797 g/mol. The summed E-state index contributed by atoms with van der Waals surface area (Å²) in [6.07, 6.45) is 14.1. The van der Waals surface area contributed by atoms with E-state index in [-0.39, 0.29) is 5.91 Å². The molecule has 0 spiro atoms. The average Bonchev–Trinajstić information content (AvgIpc) is 3.68. The Labute approximate surface area is 278 Å². The van der Waals surface area contributed by atoms with Crippen LogP contribution in [0.4, 0.5) is 10.1 Å². The zero-order chi connectivity index (χ0) is 32.5. The summed E-state index contributed by atoms with van der Waals surface area (Å²) in [5, 5.41) is 3.12. The van der Waals surface area contributed by atoms with E-state index in [4.69, 9.17) is 4.99 Å². The molecule has 0 unspecified atom stereocenters. The Morgan fingerprint density at radius 1 is 1.23 bits per heavy atom. The van der Waals surface area contributed by atoms with Gasteiger partial charge in [0.05, 0.1) is 0 Å². The van der Waals surface area contributed by atoms with Gasteiger partial charge in [0.15, 0.2) is 0 Å². The topological polar surface area (TPSA) is 57.1 Å². The monoisotopic (exact) mass is 797 g/mol. The van der Waals surface area contributed by atoms with Crippen molar-refractivity contribution in [1.82, 2.24) is 4.90 Å². The second-order valence-electron chi connectivity index (χ2n) is 13.2. The standard InChI is InChI=1S/C25H30N3O.C12H24FN.Pb/c1-6-8-18(3)13-20(5)23(17-26-7-2)25(29)28-24-14-22(10-9-19(24)4)16-27-15-21-11-12-21;1-5-12(6-2)7-8-14(10-12)9-11(3,4)13;/h6,8-10,13-14,17,21H,7,11-12H2,1-5H3,(H,28,29);5-10H2,1-4H3;/b8-6-,18-13-,23-20-,26-17?,27-15?;;. The molecule has 2 fully saturated rings. The summed E-state index contributed by atoms with van der Waals surface area (Å²) in [4.78, 5) is 24.6. The third-order valence-corrected chi connectivity index (χ3v) is 14.3. The van der Waals surface area contributed by atoms with E-state index >= 15 is 0 Å². The zero-order valence-electron chi connectivity index (χ0n) is 28.6. The first-order valence-electron chi connectivity index (χ1n) is 16.4. The Bertz CT molecular complexity index is 1350. The molecule has 1 aliphatic carbocycles. The number of allylic oxidation sites excluding steroid dienone is 5. The molecule has 0 aromatic heterocycles. The Hall–Kier alpha value is -2.07. The second-order valence-corrected chi connectivity index (χ2v) is 18.0. The molecular weight excluding hydrogens is 743 g/mol. The molecular formula is C37H54FN4OPb. The second kappa shape index (κ2) is 16.5. The van der Waals surface area contributed by atoms with Crippen LogP contribution in [0.3, 0.4) is 0 Å². The molecule has 1 aromatic rings. The fourth-order valence-corrected chi connectivity index (χ4v) is 10.5. The van der Waals surface area contributed by atoms with Crippen molar-refractivity contribution in [3.05, 3.63) is 64.3 Å². The van der Waals surface area contributed by atoms with Gasteiger partial charge in [0, 0.05) is 13.1 Å². The van der Waals surface area contributed by atoms with Gasteiger partial charge >= 0.3 is 185 Å². The molecule has 3 aliphatic rings. The number of aliphatic imine (C=N–C) groups is 2. The van der Waals surface area contributed by atoms with Gasteiger partial charge in [0.2, 0.25) is 0 Å². The molecule has 1 N–H and O–H groups in total. The molecule has 239 valence electrons. The summed E-state index contributed by atoms with van der Waals surface area (Å²) in [6.45, 7) is 21.2. The first-order valence-corrected chi connectivity index (χ1v) is 20.3. The van der Waals surface area contributed by atoms with Crippen LogP contribution in [0.15, 0.2) is 63.1 Å². The maximum atomic E-state index is 13.5. The number of halogens is 1. The fraction of sp³-hybridized carbons (Fsp3) is 0.568. The van der Waals surface area contributed by atoms with E-state index in [0.717, 1.165) is 41.4 Å². The van der Waals surface area contributed by atoms with Crippen LogP contribution < -0.4 is 5.32 Å². The van der Waals surface area contributed by atoms with Crippen molar-refractivity contribution < 1.29 is 9.18 Å². The number of carbonyl (C=O) groups excluding carboxylic acids is 1. The minimum atomic E-state index is -1.04. The molecule has 2 aliphatic heterocycles. The van der Waals surface area contributed by atoms with Gasteiger partial charge in [-0.1, -0.05) is 13.8 Å². The van der Waals surface area contributed by atoms with Crippen molar-refractivity contribution in [2.75, 3.05) is 31.5 Å². The number of rotatable bonds is 12. The number of hydrogen-bond acceptors (Lipinski definition) is 4. The Kier molecular flexibility index (Phi) is 13.6. The first kappa shape index (κ1) is 36.4. The quantitative estimate of drug-likeness (QED) is 0.101. The maximum absolute atomic E-state index is 13.5. The van der Waals surface area contributed by atoms with Gasteiger partial charge in [-0.3, -0.25) is 4.90 Å². The number of likely N-dealkylation sites (tertiary alicyclic amines) is 1. The molecule has 0 bridgehead atoms. The summed E-state index contributed by atoms with van der Waals surface area (Å²) >= 11 is -0.886. The molecule has 1 radical (unpaired) electrons. The van der Waals surface area contributed by atoms with Crippen LogP contribution in [0.1, 0.15) is 98.6 Å². The van der Waals surface area contributed by atoms with Crippen LogP contribution >= 0.6 is 0 Å². The van der Waals surface area contributed by atoms with Gasteiger partial charge in [-0.2, -0.15) is 0 Å². The molecule has 2 heterocycles. The third-order valence-electron chi connectivity index (χ3n) is 8.77. The molecule has 1 saturated carbocycles. The molecule has 1 aromatic carbocycles. The van der Waals surface area contributed by atoms with Crippen molar-refractivity contribution in [3.8, 4) is 0 Å². The first-order chi connectivity index (χ1) is 20.8. The van der Waals surface area contributed by atoms with E-state index in [2.05, 4.69) is 47.3 Å². The van der Waals surface area contributed by atoms with Crippen LogP contribution in [0.25, 0.3) is 0 Å². The van der Waals surface area contributed by atoms with Gasteiger partial charge < -0.3 is 0 Å². The van der Waals surface area contributed by atoms with E-state index in [1.807, 2.05) is 52.8 Å². The Morgan fingerprint density at radius 2 is 1.91 bits per heavy atom. The van der Waals surface area contributed by atoms with Gasteiger partial charge in [0.25, 0.3) is 0 Å². The number of carbonyl (C=O) groups is 1. The van der Waals surface area contributed by atoms with Crippen molar-refractivity contribution >= 4 is 48.0 Å². The van der Waals surface area contributed by atoms with E-state index in [1.54, 1.807) is 20.1 Å². The van der Waals surface area contributed by atoms with Gasteiger partial charge in [-0.15, -0.1) is 0 Å². The number of aryl methyl sites for hydroxylation is 1. The summed E-state index contributed by atoms with van der Waals surface area (Å²) < 4.78 is 16.3. The number of nitrogens with zero attached hydrogens (tertiary/aromatic N) is 3. The molecule has 7 heteroatoms. The number of alkyl halides is 1. The zero-order valence-corrected chi connectivity index (χ0v) is 32.5.